The maximum Gasteiger partial charge on any atom is 0.122 e. The van der Waals surface area contributed by atoms with Crippen LogP contribution in [0.2, 0.25) is 0 Å². The first-order valence-corrected chi connectivity index (χ1v) is 14.3. The molecule has 0 atom stereocenters. The summed E-state index contributed by atoms with van der Waals surface area (Å²) in [6.07, 6.45) is 1.46. The molecule has 4 aromatic carbocycles. The van der Waals surface area contributed by atoms with E-state index < -0.39 is 0 Å². The van der Waals surface area contributed by atoms with Crippen molar-refractivity contribution >= 4 is 0 Å². The highest BCUT2D eigenvalue weighted by molar-refractivity contribution is 5.53. The predicted molar refractivity (Wildman–Crippen MR) is 168 cm³/mol. The van der Waals surface area contributed by atoms with Crippen LogP contribution in [0.5, 0.6) is 23.0 Å². The van der Waals surface area contributed by atoms with Gasteiger partial charge in [-0.15, -0.1) is 0 Å². The second-order valence-electron chi connectivity index (χ2n) is 13.6. The van der Waals surface area contributed by atoms with E-state index in [2.05, 4.69) is 41.5 Å². The highest BCUT2D eigenvalue weighted by atomic mass is 16.3. The first kappa shape index (κ1) is 30.0. The fraction of sp³-hybridized carbons (Fsp3) is 0.351. The van der Waals surface area contributed by atoms with Crippen LogP contribution in [-0.4, -0.2) is 20.4 Å². The number of benzene rings is 4. The molecule has 0 aliphatic carbocycles. The third-order valence-electron chi connectivity index (χ3n) is 7.73. The van der Waals surface area contributed by atoms with Crippen molar-refractivity contribution in [3.8, 4) is 23.0 Å². The largest absolute Gasteiger partial charge is 0.508 e. The molecule has 0 amide bonds. The smallest absolute Gasteiger partial charge is 0.122 e. The normalized spacial score (nSPS) is 12.1. The Balaban J connectivity index is 1.66. The second kappa shape index (κ2) is 11.2. The van der Waals surface area contributed by atoms with Crippen LogP contribution in [-0.2, 0) is 30.1 Å². The van der Waals surface area contributed by atoms with Gasteiger partial charge in [-0.2, -0.15) is 0 Å². The Hall–Kier alpha value is -3.92. The summed E-state index contributed by atoms with van der Waals surface area (Å²) in [5, 5.41) is 43.5. The minimum Gasteiger partial charge on any atom is -0.508 e. The summed E-state index contributed by atoms with van der Waals surface area (Å²) in [5.74, 6) is 1.03. The third-order valence-corrected chi connectivity index (χ3v) is 7.73. The van der Waals surface area contributed by atoms with E-state index in [1.807, 2.05) is 62.4 Å². The van der Waals surface area contributed by atoms with Gasteiger partial charge in [-0.05, 0) is 81.3 Å². The number of hydrogen-bond donors (Lipinski definition) is 4. The number of phenolic OH excluding ortho intramolecular Hbond substituents is 4. The van der Waals surface area contributed by atoms with Crippen LogP contribution < -0.4 is 0 Å². The van der Waals surface area contributed by atoms with Crippen LogP contribution in [0.4, 0.5) is 0 Å². The number of aromatic hydroxyl groups is 4. The standard InChI is InChI=1S/C37H44O4/c1-22-13-26(17-24-9-11-32(38)30(19-24)36(3,4)5)34(40)28(15-22)21-29-16-23(2)14-27(35(29)41)18-25-10-12-33(39)31(20-25)37(6,7)8/h9-16,19-20,38-41H,17-18,21H2,1-8H3. The van der Waals surface area contributed by atoms with Crippen molar-refractivity contribution in [2.75, 3.05) is 0 Å². The molecular weight excluding hydrogens is 508 g/mol. The minimum atomic E-state index is -0.200. The molecule has 0 spiro atoms. The molecule has 0 unspecified atom stereocenters. The van der Waals surface area contributed by atoms with Crippen LogP contribution in [0.15, 0.2) is 60.7 Å². The van der Waals surface area contributed by atoms with E-state index in [1.54, 1.807) is 12.1 Å². The molecule has 4 rings (SSSR count). The van der Waals surface area contributed by atoms with Crippen molar-refractivity contribution in [2.45, 2.75) is 85.5 Å². The highest BCUT2D eigenvalue weighted by Gasteiger charge is 2.21. The van der Waals surface area contributed by atoms with E-state index in [-0.39, 0.29) is 33.8 Å². The zero-order valence-electron chi connectivity index (χ0n) is 25.7. The van der Waals surface area contributed by atoms with E-state index >= 15 is 0 Å². The number of rotatable bonds is 6. The summed E-state index contributed by atoms with van der Waals surface area (Å²) in [5.41, 5.74) is 8.63. The van der Waals surface area contributed by atoms with Gasteiger partial charge < -0.3 is 20.4 Å². The quantitative estimate of drug-likeness (QED) is 0.193. The van der Waals surface area contributed by atoms with Gasteiger partial charge in [0, 0.05) is 19.3 Å². The highest BCUT2D eigenvalue weighted by Crippen LogP contribution is 2.37. The fourth-order valence-electron chi connectivity index (χ4n) is 5.64. The van der Waals surface area contributed by atoms with Crippen LogP contribution in [0, 0.1) is 13.8 Å². The van der Waals surface area contributed by atoms with Gasteiger partial charge in [0.05, 0.1) is 0 Å². The summed E-state index contributed by atoms with van der Waals surface area (Å²) in [6.45, 7) is 16.5. The van der Waals surface area contributed by atoms with Gasteiger partial charge in [-0.1, -0.05) is 101 Å². The molecule has 0 fully saturated rings. The molecule has 0 heterocycles. The van der Waals surface area contributed by atoms with Gasteiger partial charge in [-0.25, -0.2) is 0 Å². The summed E-state index contributed by atoms with van der Waals surface area (Å²) < 4.78 is 0. The molecule has 4 nitrogen and oxygen atoms in total. The second-order valence-corrected chi connectivity index (χ2v) is 13.6. The maximum absolute atomic E-state index is 11.4. The van der Waals surface area contributed by atoms with Crippen LogP contribution in [0.25, 0.3) is 0 Å². The number of aryl methyl sites for hydroxylation is 2. The third kappa shape index (κ3) is 6.87. The Bertz CT molecular complexity index is 1460. The summed E-state index contributed by atoms with van der Waals surface area (Å²) in [6, 6.07) is 19.3. The van der Waals surface area contributed by atoms with Gasteiger partial charge in [0.25, 0.3) is 0 Å². The Morgan fingerprint density at radius 1 is 0.463 bits per heavy atom. The maximum atomic E-state index is 11.4. The zero-order chi connectivity index (χ0) is 30.3. The topological polar surface area (TPSA) is 80.9 Å². The van der Waals surface area contributed by atoms with E-state index in [1.165, 1.54) is 0 Å². The average molecular weight is 553 g/mol. The molecule has 0 aliphatic heterocycles. The van der Waals surface area contributed by atoms with Gasteiger partial charge in [0.2, 0.25) is 0 Å². The monoisotopic (exact) mass is 552 g/mol. The Morgan fingerprint density at radius 3 is 1.10 bits per heavy atom. The number of phenols is 4. The lowest BCUT2D eigenvalue weighted by molar-refractivity contribution is 0.445. The van der Waals surface area contributed by atoms with Gasteiger partial charge in [-0.3, -0.25) is 0 Å². The first-order chi connectivity index (χ1) is 19.0. The van der Waals surface area contributed by atoms with Crippen molar-refractivity contribution in [2.24, 2.45) is 0 Å². The van der Waals surface area contributed by atoms with Crippen molar-refractivity contribution in [1.82, 2.24) is 0 Å². The van der Waals surface area contributed by atoms with Gasteiger partial charge >= 0.3 is 0 Å². The van der Waals surface area contributed by atoms with Crippen LogP contribution in [0.1, 0.15) is 97.2 Å². The molecule has 0 aromatic heterocycles. The van der Waals surface area contributed by atoms with Crippen molar-refractivity contribution in [3.05, 3.63) is 116 Å². The summed E-state index contributed by atoms with van der Waals surface area (Å²) >= 11 is 0. The van der Waals surface area contributed by atoms with Crippen molar-refractivity contribution < 1.29 is 20.4 Å². The SMILES string of the molecule is Cc1cc(Cc2ccc(O)c(C(C)(C)C)c2)c(O)c(Cc2cc(C)cc(Cc3ccc(O)c(C(C)(C)C)c3)c2O)c1. The molecule has 0 saturated carbocycles. The molecular formula is C37H44O4. The molecule has 4 N–H and O–H groups in total. The van der Waals surface area contributed by atoms with Crippen LogP contribution in [0.3, 0.4) is 0 Å². The predicted octanol–water partition coefficient (Wildman–Crippen LogP) is 8.49. The van der Waals surface area contributed by atoms with Gasteiger partial charge in [0.15, 0.2) is 0 Å². The Morgan fingerprint density at radius 2 is 0.780 bits per heavy atom. The van der Waals surface area contributed by atoms with E-state index in [0.29, 0.717) is 19.3 Å². The lowest BCUT2D eigenvalue weighted by Gasteiger charge is -2.22. The van der Waals surface area contributed by atoms with E-state index in [0.717, 1.165) is 55.6 Å². The number of hydrogen-bond acceptors (Lipinski definition) is 4. The molecule has 4 heteroatoms. The zero-order valence-corrected chi connectivity index (χ0v) is 25.7. The van der Waals surface area contributed by atoms with E-state index in [4.69, 9.17) is 0 Å². The molecule has 0 saturated heterocycles. The summed E-state index contributed by atoms with van der Waals surface area (Å²) in [7, 11) is 0. The average Bonchev–Trinajstić information content (AvgIpc) is 2.85. The molecule has 4 aromatic rings. The lowest BCUT2D eigenvalue weighted by Crippen LogP contribution is -2.12. The molecule has 41 heavy (non-hydrogen) atoms. The van der Waals surface area contributed by atoms with Crippen molar-refractivity contribution in [3.63, 3.8) is 0 Å². The molecule has 0 bridgehead atoms. The fourth-order valence-corrected chi connectivity index (χ4v) is 5.64. The van der Waals surface area contributed by atoms with Crippen LogP contribution >= 0.6 is 0 Å². The van der Waals surface area contributed by atoms with Crippen molar-refractivity contribution in [1.29, 1.82) is 0 Å². The Kier molecular flexibility index (Phi) is 8.18. The van der Waals surface area contributed by atoms with Gasteiger partial charge in [0.1, 0.15) is 23.0 Å². The molecule has 0 radical (unpaired) electrons. The van der Waals surface area contributed by atoms with E-state index in [9.17, 15) is 20.4 Å². The lowest BCUT2D eigenvalue weighted by atomic mass is 9.84. The minimum absolute atomic E-state index is 0.200. The first-order valence-electron chi connectivity index (χ1n) is 14.3. The molecule has 0 aliphatic rings. The Labute approximate surface area is 245 Å². The summed E-state index contributed by atoms with van der Waals surface area (Å²) in [4.78, 5) is 0. The molecule has 216 valence electrons.